The van der Waals surface area contributed by atoms with Crippen LogP contribution in [0.1, 0.15) is 5.76 Å². The lowest BCUT2D eigenvalue weighted by molar-refractivity contribution is -0.115. The Bertz CT molecular complexity index is 728. The van der Waals surface area contributed by atoms with Crippen LogP contribution in [0.15, 0.2) is 45.3 Å². The molecule has 0 saturated heterocycles. The minimum absolute atomic E-state index is 0.0774. The zero-order valence-corrected chi connectivity index (χ0v) is 13.8. The van der Waals surface area contributed by atoms with Crippen LogP contribution in [0.4, 0.5) is 0 Å². The molecule has 4 nitrogen and oxygen atoms in total. The van der Waals surface area contributed by atoms with Crippen LogP contribution in [0.25, 0.3) is 17.4 Å². The van der Waals surface area contributed by atoms with Gasteiger partial charge in [-0.25, -0.2) is 0 Å². The third-order valence-electron chi connectivity index (χ3n) is 2.47. The molecule has 0 bridgehead atoms. The van der Waals surface area contributed by atoms with Gasteiger partial charge < -0.3 is 10.2 Å². The molecule has 1 aromatic carbocycles. The highest BCUT2D eigenvalue weighted by molar-refractivity contribution is 9.10. The highest BCUT2D eigenvalue weighted by Gasteiger charge is 2.08. The predicted octanol–water partition coefficient (Wildman–Crippen LogP) is 3.74. The van der Waals surface area contributed by atoms with E-state index in [4.69, 9.17) is 21.8 Å². The van der Waals surface area contributed by atoms with E-state index >= 15 is 0 Å². The molecule has 0 saturated carbocycles. The zero-order valence-electron chi connectivity index (χ0n) is 10.6. The van der Waals surface area contributed by atoms with Gasteiger partial charge in [0.1, 0.15) is 11.5 Å². The van der Waals surface area contributed by atoms with Gasteiger partial charge in [0.2, 0.25) is 5.91 Å². The number of benzene rings is 1. The van der Waals surface area contributed by atoms with Crippen LogP contribution in [0.2, 0.25) is 5.02 Å². The summed E-state index contributed by atoms with van der Waals surface area (Å²) in [5, 5.41) is 2.77. The van der Waals surface area contributed by atoms with Crippen molar-refractivity contribution in [1.29, 1.82) is 0 Å². The molecule has 2 rings (SSSR count). The maximum Gasteiger partial charge on any atom is 0.250 e. The first-order valence-electron chi connectivity index (χ1n) is 5.79. The molecule has 108 valence electrons. The Morgan fingerprint density at radius 2 is 2.14 bits per heavy atom. The first-order chi connectivity index (χ1) is 9.95. The summed E-state index contributed by atoms with van der Waals surface area (Å²) >= 11 is 14.1. The summed E-state index contributed by atoms with van der Waals surface area (Å²) in [5.74, 6) is 0.714. The lowest BCUT2D eigenvalue weighted by atomic mass is 10.2. The SMILES string of the molecule is NC(=S)NC(=O)/C=C/c1ccc(-c2ccc(Br)cc2Cl)o1. The number of carbonyl (C=O) groups excluding carboxylic acids is 1. The minimum Gasteiger partial charge on any atom is -0.457 e. The van der Waals surface area contributed by atoms with E-state index in [0.717, 1.165) is 10.0 Å². The van der Waals surface area contributed by atoms with Crippen LogP contribution in [0.3, 0.4) is 0 Å². The number of halogens is 2. The van der Waals surface area contributed by atoms with Crippen molar-refractivity contribution in [3.63, 3.8) is 0 Å². The maximum absolute atomic E-state index is 11.4. The molecule has 2 aromatic rings. The summed E-state index contributed by atoms with van der Waals surface area (Å²) in [7, 11) is 0. The smallest absolute Gasteiger partial charge is 0.250 e. The Morgan fingerprint density at radius 1 is 1.38 bits per heavy atom. The average Bonchev–Trinajstić information content (AvgIpc) is 2.84. The molecule has 0 unspecified atom stereocenters. The molecule has 7 heteroatoms. The van der Waals surface area contributed by atoms with E-state index in [1.54, 1.807) is 18.2 Å². The van der Waals surface area contributed by atoms with Gasteiger partial charge in [0, 0.05) is 16.1 Å². The van der Waals surface area contributed by atoms with Gasteiger partial charge in [-0.1, -0.05) is 27.5 Å². The number of hydrogen-bond donors (Lipinski definition) is 2. The van der Waals surface area contributed by atoms with Crippen LogP contribution in [-0.4, -0.2) is 11.0 Å². The highest BCUT2D eigenvalue weighted by atomic mass is 79.9. The van der Waals surface area contributed by atoms with E-state index in [0.29, 0.717) is 16.5 Å². The van der Waals surface area contributed by atoms with Crippen molar-refractivity contribution in [2.24, 2.45) is 5.73 Å². The van der Waals surface area contributed by atoms with Gasteiger partial charge >= 0.3 is 0 Å². The topological polar surface area (TPSA) is 68.3 Å². The van der Waals surface area contributed by atoms with E-state index in [9.17, 15) is 4.79 Å². The number of carbonyl (C=O) groups is 1. The van der Waals surface area contributed by atoms with Crippen LogP contribution in [0, 0.1) is 0 Å². The summed E-state index contributed by atoms with van der Waals surface area (Å²) in [5.41, 5.74) is 5.97. The molecule has 0 aliphatic carbocycles. The molecule has 3 N–H and O–H groups in total. The number of amides is 1. The maximum atomic E-state index is 11.4. The van der Waals surface area contributed by atoms with Crippen LogP contribution in [-0.2, 0) is 4.79 Å². The Kier molecular flexibility index (Phi) is 5.17. The van der Waals surface area contributed by atoms with E-state index < -0.39 is 5.91 Å². The summed E-state index contributed by atoms with van der Waals surface area (Å²) < 4.78 is 6.50. The number of nitrogens with one attached hydrogen (secondary N) is 1. The third kappa shape index (κ3) is 4.42. The van der Waals surface area contributed by atoms with Crippen molar-refractivity contribution < 1.29 is 9.21 Å². The standard InChI is InChI=1S/C14H10BrClN2O2S/c15-8-1-4-10(11(16)7-8)12-5-2-9(20-12)3-6-13(19)18-14(17)21/h1-7H,(H3,17,18,19,21)/b6-3+. The van der Waals surface area contributed by atoms with Gasteiger partial charge in [-0.2, -0.15) is 0 Å². The van der Waals surface area contributed by atoms with Crippen molar-refractivity contribution >= 4 is 56.8 Å². The van der Waals surface area contributed by atoms with E-state index in [1.165, 1.54) is 12.2 Å². The fourth-order valence-electron chi connectivity index (χ4n) is 1.60. The molecule has 0 atom stereocenters. The average molecular weight is 386 g/mol. The van der Waals surface area contributed by atoms with Crippen molar-refractivity contribution in [3.05, 3.63) is 51.7 Å². The summed E-state index contributed by atoms with van der Waals surface area (Å²) in [6.45, 7) is 0. The Labute approximate surface area is 140 Å². The van der Waals surface area contributed by atoms with Crippen molar-refractivity contribution in [3.8, 4) is 11.3 Å². The minimum atomic E-state index is -0.415. The second-order valence-electron chi connectivity index (χ2n) is 4.01. The van der Waals surface area contributed by atoms with Gasteiger partial charge in [0.05, 0.1) is 5.02 Å². The van der Waals surface area contributed by atoms with E-state index in [1.807, 2.05) is 12.1 Å². The molecule has 0 fully saturated rings. The molecule has 1 amide bonds. The largest absolute Gasteiger partial charge is 0.457 e. The Hall–Kier alpha value is -1.63. The van der Waals surface area contributed by atoms with Crippen molar-refractivity contribution in [1.82, 2.24) is 5.32 Å². The zero-order chi connectivity index (χ0) is 15.4. The monoisotopic (exact) mass is 384 g/mol. The van der Waals surface area contributed by atoms with Crippen LogP contribution < -0.4 is 11.1 Å². The fourth-order valence-corrected chi connectivity index (χ4v) is 2.46. The van der Waals surface area contributed by atoms with Gasteiger partial charge in [-0.05, 0) is 48.6 Å². The number of hydrogen-bond acceptors (Lipinski definition) is 3. The molecule has 0 spiro atoms. The number of nitrogens with two attached hydrogens (primary N) is 1. The molecular formula is C14H10BrClN2O2S. The predicted molar refractivity (Wildman–Crippen MR) is 90.8 cm³/mol. The number of furan rings is 1. The molecule has 1 aromatic heterocycles. The summed E-state index contributed by atoms with van der Waals surface area (Å²) in [4.78, 5) is 11.4. The van der Waals surface area contributed by atoms with Crippen molar-refractivity contribution in [2.75, 3.05) is 0 Å². The highest BCUT2D eigenvalue weighted by Crippen LogP contribution is 2.31. The second-order valence-corrected chi connectivity index (χ2v) is 5.78. The Balaban J connectivity index is 2.16. The van der Waals surface area contributed by atoms with Crippen LogP contribution >= 0.6 is 39.7 Å². The number of rotatable bonds is 3. The molecule has 0 radical (unpaired) electrons. The molecule has 1 heterocycles. The lowest BCUT2D eigenvalue weighted by Gasteiger charge is -2.01. The van der Waals surface area contributed by atoms with Gasteiger partial charge in [-0.15, -0.1) is 0 Å². The van der Waals surface area contributed by atoms with Gasteiger partial charge in [0.25, 0.3) is 0 Å². The summed E-state index contributed by atoms with van der Waals surface area (Å²) in [6, 6.07) is 9.01. The van der Waals surface area contributed by atoms with E-state index in [2.05, 4.69) is 33.5 Å². The van der Waals surface area contributed by atoms with Crippen molar-refractivity contribution in [2.45, 2.75) is 0 Å². The number of thiocarbonyl (C=S) groups is 1. The third-order valence-corrected chi connectivity index (χ3v) is 3.38. The van der Waals surface area contributed by atoms with Crippen LogP contribution in [0.5, 0.6) is 0 Å². The normalized spacial score (nSPS) is 10.8. The quantitative estimate of drug-likeness (QED) is 0.624. The van der Waals surface area contributed by atoms with Gasteiger partial charge in [-0.3, -0.25) is 10.1 Å². The first kappa shape index (κ1) is 15.8. The fraction of sp³-hybridized carbons (Fsp3) is 0. The van der Waals surface area contributed by atoms with Gasteiger partial charge in [0.15, 0.2) is 5.11 Å². The lowest BCUT2D eigenvalue weighted by Crippen LogP contribution is -2.33. The van der Waals surface area contributed by atoms with E-state index in [-0.39, 0.29) is 5.11 Å². The molecule has 0 aliphatic rings. The Morgan fingerprint density at radius 3 is 2.81 bits per heavy atom. The molecule has 0 aliphatic heterocycles. The first-order valence-corrected chi connectivity index (χ1v) is 7.37. The molecular weight excluding hydrogens is 376 g/mol. The summed E-state index contributed by atoms with van der Waals surface area (Å²) in [6.07, 6.45) is 2.80. The molecule has 21 heavy (non-hydrogen) atoms. The second kappa shape index (κ2) is 6.89.